The number of nitrogens with zero attached hydrogens (tertiary/aromatic N) is 4. The average Bonchev–Trinajstić information content (AvgIpc) is 3.08. The van der Waals surface area contributed by atoms with Gasteiger partial charge in [0.25, 0.3) is 0 Å². The highest BCUT2D eigenvalue weighted by molar-refractivity contribution is 7.99. The molecule has 0 spiro atoms. The van der Waals surface area contributed by atoms with Gasteiger partial charge in [-0.15, -0.1) is 11.3 Å². The van der Waals surface area contributed by atoms with Gasteiger partial charge in [0.1, 0.15) is 5.01 Å². The second-order valence-electron chi connectivity index (χ2n) is 5.13. The zero-order valence-electron chi connectivity index (χ0n) is 11.9. The molecule has 0 amide bonds. The SMILES string of the molecule is Cn1cc([C@H]2CSCCN2Cc2nc(C(F)(F)F)cs2)cn1. The Labute approximate surface area is 134 Å². The van der Waals surface area contributed by atoms with E-state index in [0.717, 1.165) is 40.3 Å². The van der Waals surface area contributed by atoms with Gasteiger partial charge in [-0.2, -0.15) is 30.0 Å². The quantitative estimate of drug-likeness (QED) is 0.853. The van der Waals surface area contributed by atoms with E-state index in [1.54, 1.807) is 4.68 Å². The number of thioether (sulfide) groups is 1. The van der Waals surface area contributed by atoms with Crippen molar-refractivity contribution in [2.45, 2.75) is 18.8 Å². The Balaban J connectivity index is 1.75. The van der Waals surface area contributed by atoms with Crippen LogP contribution in [0, 0.1) is 0 Å². The summed E-state index contributed by atoms with van der Waals surface area (Å²) in [6.45, 7) is 1.28. The van der Waals surface area contributed by atoms with Gasteiger partial charge < -0.3 is 0 Å². The Morgan fingerprint density at radius 3 is 2.86 bits per heavy atom. The molecule has 22 heavy (non-hydrogen) atoms. The molecule has 0 unspecified atom stereocenters. The minimum absolute atomic E-state index is 0.172. The molecule has 0 saturated carbocycles. The molecular weight excluding hydrogens is 333 g/mol. The number of aryl methyl sites for hydroxylation is 1. The second-order valence-corrected chi connectivity index (χ2v) is 7.23. The molecule has 1 aliphatic heterocycles. The zero-order chi connectivity index (χ0) is 15.7. The number of halogens is 3. The van der Waals surface area contributed by atoms with Gasteiger partial charge in [0.15, 0.2) is 5.69 Å². The van der Waals surface area contributed by atoms with Gasteiger partial charge in [-0.25, -0.2) is 4.98 Å². The van der Waals surface area contributed by atoms with E-state index in [1.807, 2.05) is 31.2 Å². The molecule has 3 rings (SSSR count). The Morgan fingerprint density at radius 1 is 1.41 bits per heavy atom. The van der Waals surface area contributed by atoms with Crippen LogP contribution in [0.15, 0.2) is 17.8 Å². The predicted octanol–water partition coefficient (Wildman–Crippen LogP) is 3.19. The van der Waals surface area contributed by atoms with E-state index in [1.165, 1.54) is 0 Å². The zero-order valence-corrected chi connectivity index (χ0v) is 13.5. The molecule has 3 heterocycles. The third kappa shape index (κ3) is 3.47. The van der Waals surface area contributed by atoms with Gasteiger partial charge in [0.2, 0.25) is 0 Å². The van der Waals surface area contributed by atoms with Crippen LogP contribution in [0.1, 0.15) is 22.3 Å². The molecule has 0 bridgehead atoms. The molecule has 2 aromatic heterocycles. The third-order valence-corrected chi connectivity index (χ3v) is 5.39. The van der Waals surface area contributed by atoms with E-state index in [-0.39, 0.29) is 6.04 Å². The highest BCUT2D eigenvalue weighted by Crippen LogP contribution is 2.33. The maximum absolute atomic E-state index is 12.6. The summed E-state index contributed by atoms with van der Waals surface area (Å²) in [4.78, 5) is 5.92. The molecule has 0 aromatic carbocycles. The monoisotopic (exact) mass is 348 g/mol. The highest BCUT2D eigenvalue weighted by Gasteiger charge is 2.34. The van der Waals surface area contributed by atoms with Gasteiger partial charge in [-0.1, -0.05) is 0 Å². The molecule has 1 aliphatic rings. The summed E-state index contributed by atoms with van der Waals surface area (Å²) in [5.74, 6) is 1.90. The summed E-state index contributed by atoms with van der Waals surface area (Å²) < 4.78 is 39.7. The van der Waals surface area contributed by atoms with E-state index >= 15 is 0 Å². The smallest absolute Gasteiger partial charge is 0.288 e. The van der Waals surface area contributed by atoms with Crippen LogP contribution in [0.25, 0.3) is 0 Å². The fourth-order valence-electron chi connectivity index (χ4n) is 2.43. The van der Waals surface area contributed by atoms with Crippen molar-refractivity contribution in [1.82, 2.24) is 19.7 Å². The molecule has 0 radical (unpaired) electrons. The Hall–Kier alpha value is -1.06. The van der Waals surface area contributed by atoms with Crippen LogP contribution in [0.2, 0.25) is 0 Å². The molecular formula is C13H15F3N4S2. The lowest BCUT2D eigenvalue weighted by Crippen LogP contribution is -2.35. The third-order valence-electron chi connectivity index (χ3n) is 3.53. The van der Waals surface area contributed by atoms with Crippen LogP contribution in [-0.2, 0) is 19.8 Å². The number of thiazole rings is 1. The second kappa shape index (κ2) is 6.21. The number of alkyl halides is 3. The molecule has 0 aliphatic carbocycles. The van der Waals surface area contributed by atoms with Crippen LogP contribution < -0.4 is 0 Å². The van der Waals surface area contributed by atoms with Crippen molar-refractivity contribution in [2.24, 2.45) is 7.05 Å². The lowest BCUT2D eigenvalue weighted by Gasteiger charge is -2.34. The summed E-state index contributed by atoms with van der Waals surface area (Å²) in [7, 11) is 1.86. The summed E-state index contributed by atoms with van der Waals surface area (Å²) >= 11 is 2.93. The minimum Gasteiger partial charge on any atom is -0.288 e. The normalized spacial score (nSPS) is 20.5. The van der Waals surface area contributed by atoms with Crippen molar-refractivity contribution in [1.29, 1.82) is 0 Å². The van der Waals surface area contributed by atoms with E-state index < -0.39 is 11.9 Å². The van der Waals surface area contributed by atoms with Crippen LogP contribution in [-0.4, -0.2) is 37.7 Å². The van der Waals surface area contributed by atoms with Crippen molar-refractivity contribution in [3.63, 3.8) is 0 Å². The lowest BCUT2D eigenvalue weighted by molar-refractivity contribution is -0.140. The van der Waals surface area contributed by atoms with Crippen LogP contribution >= 0.6 is 23.1 Å². The average molecular weight is 348 g/mol. The Kier molecular flexibility index (Phi) is 4.47. The van der Waals surface area contributed by atoms with Gasteiger partial charge in [-0.05, 0) is 0 Å². The number of rotatable bonds is 3. The molecule has 1 saturated heterocycles. The maximum atomic E-state index is 12.6. The van der Waals surface area contributed by atoms with Crippen molar-refractivity contribution >= 4 is 23.1 Å². The predicted molar refractivity (Wildman–Crippen MR) is 80.8 cm³/mol. The van der Waals surface area contributed by atoms with E-state index in [4.69, 9.17) is 0 Å². The van der Waals surface area contributed by atoms with E-state index in [9.17, 15) is 13.2 Å². The minimum atomic E-state index is -4.37. The topological polar surface area (TPSA) is 34.0 Å². The molecule has 0 N–H and O–H groups in total. The van der Waals surface area contributed by atoms with Crippen molar-refractivity contribution in [2.75, 3.05) is 18.1 Å². The van der Waals surface area contributed by atoms with Gasteiger partial charge in [0, 0.05) is 48.3 Å². The van der Waals surface area contributed by atoms with Gasteiger partial charge in [0.05, 0.1) is 12.7 Å². The molecule has 9 heteroatoms. The largest absolute Gasteiger partial charge is 0.434 e. The molecule has 4 nitrogen and oxygen atoms in total. The number of aromatic nitrogens is 3. The molecule has 1 fully saturated rings. The molecule has 1 atom stereocenters. The summed E-state index contributed by atoms with van der Waals surface area (Å²) in [6, 6.07) is 0.172. The van der Waals surface area contributed by atoms with Crippen LogP contribution in [0.5, 0.6) is 0 Å². The summed E-state index contributed by atoms with van der Waals surface area (Å²) in [5.41, 5.74) is 0.305. The van der Waals surface area contributed by atoms with Crippen molar-refractivity contribution in [3.8, 4) is 0 Å². The first-order valence-corrected chi connectivity index (χ1v) is 8.79. The van der Waals surface area contributed by atoms with E-state index in [2.05, 4.69) is 15.0 Å². The first-order chi connectivity index (χ1) is 10.4. The highest BCUT2D eigenvalue weighted by atomic mass is 32.2. The fraction of sp³-hybridized carbons (Fsp3) is 0.538. The fourth-order valence-corrected chi connectivity index (χ4v) is 4.42. The summed E-state index contributed by atoms with van der Waals surface area (Å²) in [6.07, 6.45) is -0.575. The van der Waals surface area contributed by atoms with Crippen molar-refractivity contribution < 1.29 is 13.2 Å². The number of hydrogen-bond donors (Lipinski definition) is 0. The maximum Gasteiger partial charge on any atom is 0.434 e. The van der Waals surface area contributed by atoms with E-state index in [0.29, 0.717) is 11.6 Å². The standard InChI is InChI=1S/C13H15F3N4S2/c1-19-5-9(4-17-19)10-7-21-3-2-20(10)6-12-18-11(8-22-12)13(14,15)16/h4-5,8,10H,2-3,6-7H2,1H3/t10-/m1/s1. The first kappa shape index (κ1) is 15.8. The Morgan fingerprint density at radius 2 is 2.23 bits per heavy atom. The first-order valence-electron chi connectivity index (χ1n) is 6.75. The van der Waals surface area contributed by atoms with Crippen LogP contribution in [0.4, 0.5) is 13.2 Å². The number of hydrogen-bond acceptors (Lipinski definition) is 5. The van der Waals surface area contributed by atoms with Gasteiger partial charge in [-0.3, -0.25) is 9.58 Å². The Bertz CT molecular complexity index is 637. The lowest BCUT2D eigenvalue weighted by atomic mass is 10.1. The van der Waals surface area contributed by atoms with Crippen molar-refractivity contribution in [3.05, 3.63) is 34.0 Å². The molecule has 2 aromatic rings. The van der Waals surface area contributed by atoms with Crippen LogP contribution in [0.3, 0.4) is 0 Å². The molecule has 120 valence electrons. The van der Waals surface area contributed by atoms with Gasteiger partial charge >= 0.3 is 6.18 Å². The summed E-state index contributed by atoms with van der Waals surface area (Å²) in [5, 5.41) is 5.79.